The Kier molecular flexibility index (Phi) is 7.28. The Labute approximate surface area is 198 Å². The summed E-state index contributed by atoms with van der Waals surface area (Å²) >= 11 is 0. The molecule has 3 atom stereocenters. The summed E-state index contributed by atoms with van der Waals surface area (Å²) in [5.74, 6) is 0. The molecule has 6 nitrogen and oxygen atoms in total. The maximum Gasteiger partial charge on any atom is 0.531 e. The van der Waals surface area contributed by atoms with Gasteiger partial charge in [-0.3, -0.25) is 0 Å². The average Bonchev–Trinajstić information content (AvgIpc) is 2.85. The van der Waals surface area contributed by atoms with Crippen LogP contribution < -0.4 is 0 Å². The van der Waals surface area contributed by atoms with Crippen molar-refractivity contribution in [3.8, 4) is 0 Å². The van der Waals surface area contributed by atoms with Gasteiger partial charge in [-0.1, -0.05) is 41.5 Å². The van der Waals surface area contributed by atoms with Gasteiger partial charge in [0.15, 0.2) is 0 Å². The van der Waals surface area contributed by atoms with E-state index >= 15 is 0 Å². The van der Waals surface area contributed by atoms with Crippen LogP contribution in [0, 0.1) is 0 Å². The van der Waals surface area contributed by atoms with Gasteiger partial charge in [0.25, 0.3) is 0 Å². The van der Waals surface area contributed by atoms with Crippen LogP contribution in [0.15, 0.2) is 11.7 Å². The van der Waals surface area contributed by atoms with Crippen LogP contribution >= 0.6 is 0 Å². The summed E-state index contributed by atoms with van der Waals surface area (Å²) in [6.07, 6.45) is 1.45. The van der Waals surface area contributed by atoms with Gasteiger partial charge in [0.05, 0.1) is 23.9 Å². The predicted octanol–water partition coefficient (Wildman–Crippen LogP) is 5.58. The average molecular weight is 485 g/mol. The second-order valence-corrected chi connectivity index (χ2v) is 20.7. The molecule has 3 aliphatic heterocycles. The summed E-state index contributed by atoms with van der Waals surface area (Å²) in [7, 11) is -4.95. The third-order valence-corrected chi connectivity index (χ3v) is 15.7. The van der Waals surface area contributed by atoms with Gasteiger partial charge in [-0.25, -0.2) is 0 Å². The van der Waals surface area contributed by atoms with E-state index in [0.29, 0.717) is 28.9 Å². The summed E-state index contributed by atoms with van der Waals surface area (Å²) in [5, 5.41) is 0. The van der Waals surface area contributed by atoms with Crippen LogP contribution in [0.25, 0.3) is 0 Å². The molecule has 0 aliphatic carbocycles. The normalized spacial score (nSPS) is 31.7. The molecule has 0 saturated carbocycles. The van der Waals surface area contributed by atoms with Crippen LogP contribution in [0.3, 0.4) is 0 Å². The highest BCUT2D eigenvalue weighted by Crippen LogP contribution is 2.46. The van der Waals surface area contributed by atoms with Crippen molar-refractivity contribution in [3.63, 3.8) is 0 Å². The lowest BCUT2D eigenvalue weighted by Gasteiger charge is -2.50. The molecule has 0 bridgehead atoms. The molecule has 1 unspecified atom stereocenters. The Morgan fingerprint density at radius 1 is 0.969 bits per heavy atom. The van der Waals surface area contributed by atoms with Crippen molar-refractivity contribution < 1.29 is 27.3 Å². The van der Waals surface area contributed by atoms with Crippen molar-refractivity contribution in [1.29, 1.82) is 0 Å². The Balaban J connectivity index is 2.00. The van der Waals surface area contributed by atoms with Crippen LogP contribution in [-0.2, 0) is 27.3 Å². The number of fused-ring (bicyclic) bond motifs is 1. The van der Waals surface area contributed by atoms with Crippen molar-refractivity contribution in [2.75, 3.05) is 6.61 Å². The van der Waals surface area contributed by atoms with Crippen molar-refractivity contribution in [2.24, 2.45) is 0 Å². The lowest BCUT2D eigenvalue weighted by Crippen LogP contribution is -2.62. The minimum atomic E-state index is -2.23. The quantitative estimate of drug-likeness (QED) is 0.459. The van der Waals surface area contributed by atoms with E-state index in [-0.39, 0.29) is 18.3 Å². The molecule has 0 aromatic carbocycles. The molecule has 3 heterocycles. The van der Waals surface area contributed by atoms with E-state index < -0.39 is 35.2 Å². The lowest BCUT2D eigenvalue weighted by atomic mass is 9.83. The van der Waals surface area contributed by atoms with Gasteiger partial charge in [-0.15, -0.1) is 0 Å². The Morgan fingerprint density at radius 2 is 1.47 bits per heavy atom. The lowest BCUT2D eigenvalue weighted by molar-refractivity contribution is -0.113. The minimum Gasteiger partial charge on any atom is -0.493 e. The zero-order valence-corrected chi connectivity index (χ0v) is 24.3. The summed E-state index contributed by atoms with van der Waals surface area (Å²) in [5.41, 5.74) is 1.24. The molecule has 0 spiro atoms. The van der Waals surface area contributed by atoms with Gasteiger partial charge >= 0.3 is 15.7 Å². The molecule has 2 saturated heterocycles. The van der Waals surface area contributed by atoms with Gasteiger partial charge in [-0.05, 0) is 63.5 Å². The highest BCUT2D eigenvalue weighted by atomic mass is 28.4. The first-order chi connectivity index (χ1) is 14.5. The van der Waals surface area contributed by atoms with Gasteiger partial charge in [0.1, 0.15) is 17.9 Å². The second-order valence-electron chi connectivity index (χ2n) is 12.0. The SMILES string of the molecule is CC(C)[Si](O[C@@H]1C=C(B2OC(C)(C)C(C)(C)O2)O[C@@H]2CO[Si](C)(C)OC12)(C(C)C)C(C)C. The number of ether oxygens (including phenoxy) is 1. The zero-order valence-electron chi connectivity index (χ0n) is 22.3. The Hall–Kier alpha value is -0.161. The van der Waals surface area contributed by atoms with Crippen molar-refractivity contribution in [2.45, 2.75) is 128 Å². The van der Waals surface area contributed by atoms with Gasteiger partial charge in [0, 0.05) is 0 Å². The van der Waals surface area contributed by atoms with Crippen LogP contribution in [0.1, 0.15) is 69.2 Å². The van der Waals surface area contributed by atoms with E-state index in [1.807, 2.05) is 0 Å². The molecule has 0 aromatic rings. The summed E-state index contributed by atoms with van der Waals surface area (Å²) < 4.78 is 38.9. The molecule has 184 valence electrons. The van der Waals surface area contributed by atoms with E-state index in [0.717, 1.165) is 0 Å². The fourth-order valence-corrected chi connectivity index (χ4v) is 12.6. The highest BCUT2D eigenvalue weighted by Gasteiger charge is 2.57. The summed E-state index contributed by atoms with van der Waals surface area (Å²) in [6.45, 7) is 26.8. The molecule has 32 heavy (non-hydrogen) atoms. The van der Waals surface area contributed by atoms with Crippen LogP contribution in [-0.4, -0.2) is 60.1 Å². The largest absolute Gasteiger partial charge is 0.531 e. The summed E-state index contributed by atoms with van der Waals surface area (Å²) in [4.78, 5) is 0. The molecule has 0 N–H and O–H groups in total. The molecule has 3 aliphatic rings. The van der Waals surface area contributed by atoms with Crippen LogP contribution in [0.4, 0.5) is 0 Å². The standard InChI is InChI=1S/C23H45BO6Si2/c1-15(2)32(16(3)4,17(5)6)27-18-13-20(24-29-22(7,8)23(9,10)30-24)26-19-14-25-31(11,12)28-21(18)19/h13,15-19,21H,14H2,1-12H3/t18-,19-,21?/m1/s1. The third kappa shape index (κ3) is 4.68. The highest BCUT2D eigenvalue weighted by molar-refractivity contribution is 6.77. The molecule has 0 amide bonds. The van der Waals surface area contributed by atoms with E-state index in [1.54, 1.807) is 0 Å². The van der Waals surface area contributed by atoms with Crippen molar-refractivity contribution >= 4 is 24.0 Å². The first-order valence-electron chi connectivity index (χ1n) is 12.3. The van der Waals surface area contributed by atoms with Gasteiger partial charge in [0.2, 0.25) is 8.32 Å². The predicted molar refractivity (Wildman–Crippen MR) is 133 cm³/mol. The van der Waals surface area contributed by atoms with E-state index in [9.17, 15) is 0 Å². The smallest absolute Gasteiger partial charge is 0.493 e. The maximum absolute atomic E-state index is 7.23. The third-order valence-electron chi connectivity index (χ3n) is 7.85. The van der Waals surface area contributed by atoms with Crippen LogP contribution in [0.5, 0.6) is 0 Å². The van der Waals surface area contributed by atoms with Crippen molar-refractivity contribution in [1.82, 2.24) is 0 Å². The Bertz CT molecular complexity index is 684. The zero-order chi connectivity index (χ0) is 24.3. The summed E-state index contributed by atoms with van der Waals surface area (Å²) in [6, 6.07) is 0. The molecule has 0 radical (unpaired) electrons. The monoisotopic (exact) mass is 484 g/mol. The number of hydrogen-bond donors (Lipinski definition) is 0. The first-order valence-corrected chi connectivity index (χ1v) is 17.2. The first kappa shape index (κ1) is 26.4. The maximum atomic E-state index is 7.23. The van der Waals surface area contributed by atoms with Crippen LogP contribution in [0.2, 0.25) is 29.7 Å². The van der Waals surface area contributed by atoms with Gasteiger partial charge in [-0.2, -0.15) is 0 Å². The van der Waals surface area contributed by atoms with E-state index in [4.69, 9.17) is 27.3 Å². The fourth-order valence-electron chi connectivity index (χ4n) is 5.50. The molecule has 9 heteroatoms. The van der Waals surface area contributed by atoms with E-state index in [2.05, 4.69) is 88.4 Å². The topological polar surface area (TPSA) is 55.4 Å². The second kappa shape index (κ2) is 8.81. The van der Waals surface area contributed by atoms with Gasteiger partial charge < -0.3 is 27.3 Å². The van der Waals surface area contributed by atoms with Crippen molar-refractivity contribution in [3.05, 3.63) is 11.7 Å². The Morgan fingerprint density at radius 3 is 1.94 bits per heavy atom. The minimum absolute atomic E-state index is 0.181. The molecule has 0 aromatic heterocycles. The molecule has 2 fully saturated rings. The molecular formula is C23H45BO6Si2. The number of hydrogen-bond acceptors (Lipinski definition) is 6. The van der Waals surface area contributed by atoms with E-state index in [1.165, 1.54) is 0 Å². The molecule has 3 rings (SSSR count). The number of rotatable bonds is 6. The molecular weight excluding hydrogens is 439 g/mol. The fraction of sp³-hybridized carbons (Fsp3) is 0.913.